The molecule has 172 valence electrons. The molecule has 2 N–H and O–H groups in total. The number of nitrogens with one attached hydrogen (secondary N) is 1. The summed E-state index contributed by atoms with van der Waals surface area (Å²) in [4.78, 5) is 29.5. The molecule has 0 fully saturated rings. The summed E-state index contributed by atoms with van der Waals surface area (Å²) < 4.78 is 15.5. The van der Waals surface area contributed by atoms with Gasteiger partial charge in [-0.2, -0.15) is 5.10 Å². The molecule has 0 aliphatic carbocycles. The summed E-state index contributed by atoms with van der Waals surface area (Å²) in [5.74, 6) is -0.664. The van der Waals surface area contributed by atoms with E-state index in [2.05, 4.69) is 21.2 Å². The minimum absolute atomic E-state index is 0.106. The Hall–Kier alpha value is -2.46. The lowest BCUT2D eigenvalue weighted by molar-refractivity contribution is 0.0625. The van der Waals surface area contributed by atoms with Crippen LogP contribution in [0.4, 0.5) is 14.9 Å². The molecule has 2 aliphatic rings. The van der Waals surface area contributed by atoms with E-state index in [0.29, 0.717) is 37.3 Å². The fraction of sp³-hybridized carbons (Fsp3) is 0.500. The number of aliphatic hydroxyl groups excluding tert-OH is 1. The van der Waals surface area contributed by atoms with E-state index < -0.39 is 11.9 Å². The number of amides is 3. The van der Waals surface area contributed by atoms with Crippen molar-refractivity contribution in [1.82, 2.24) is 19.6 Å². The third kappa shape index (κ3) is 4.13. The van der Waals surface area contributed by atoms with Gasteiger partial charge in [-0.1, -0.05) is 6.92 Å². The second-order valence-electron chi connectivity index (χ2n) is 8.62. The van der Waals surface area contributed by atoms with Gasteiger partial charge in [0.15, 0.2) is 0 Å². The van der Waals surface area contributed by atoms with Crippen LogP contribution in [0.5, 0.6) is 0 Å². The van der Waals surface area contributed by atoms with Gasteiger partial charge in [0, 0.05) is 49.8 Å². The van der Waals surface area contributed by atoms with Crippen LogP contribution in [0.1, 0.15) is 42.0 Å². The van der Waals surface area contributed by atoms with Crippen LogP contribution in [-0.4, -0.2) is 62.4 Å². The van der Waals surface area contributed by atoms with Gasteiger partial charge >= 0.3 is 6.03 Å². The molecule has 0 bridgehead atoms. The SMILES string of the molecule is CC[C@H](O)[C@H]1CN(C)C(=O)c2c3c(nn2C1)C[C@@H](C)N(C(=O)Nc1ccc(F)c(Br)c1)C3. The Labute approximate surface area is 194 Å². The van der Waals surface area contributed by atoms with Crippen LogP contribution < -0.4 is 5.32 Å². The minimum Gasteiger partial charge on any atom is -0.393 e. The second-order valence-corrected chi connectivity index (χ2v) is 9.47. The number of halogens is 2. The van der Waals surface area contributed by atoms with E-state index in [1.54, 1.807) is 21.5 Å². The van der Waals surface area contributed by atoms with Gasteiger partial charge in [0.1, 0.15) is 11.5 Å². The summed E-state index contributed by atoms with van der Waals surface area (Å²) in [6.45, 7) is 5.01. The van der Waals surface area contributed by atoms with E-state index >= 15 is 0 Å². The summed E-state index contributed by atoms with van der Waals surface area (Å²) in [6.07, 6.45) is 0.607. The zero-order valence-electron chi connectivity index (χ0n) is 18.3. The Morgan fingerprint density at radius 2 is 2.16 bits per heavy atom. The molecular weight excluding hydrogens is 481 g/mol. The number of fused-ring (bicyclic) bond motifs is 3. The molecular formula is C22H27BrFN5O3. The van der Waals surface area contributed by atoms with Gasteiger partial charge in [-0.3, -0.25) is 9.48 Å². The smallest absolute Gasteiger partial charge is 0.322 e. The topological polar surface area (TPSA) is 90.7 Å². The van der Waals surface area contributed by atoms with Crippen molar-refractivity contribution in [2.45, 2.75) is 51.9 Å². The van der Waals surface area contributed by atoms with Gasteiger partial charge in [-0.25, -0.2) is 9.18 Å². The summed E-state index contributed by atoms with van der Waals surface area (Å²) in [6, 6.07) is 3.84. The number of carbonyl (C=O) groups excluding carboxylic acids is 2. The summed E-state index contributed by atoms with van der Waals surface area (Å²) in [5.41, 5.74) is 2.53. The number of aliphatic hydroxyl groups is 1. The average molecular weight is 508 g/mol. The number of carbonyl (C=O) groups is 2. The lowest BCUT2D eigenvalue weighted by Crippen LogP contribution is -2.45. The second kappa shape index (κ2) is 8.82. The number of urea groups is 1. The van der Waals surface area contributed by atoms with Gasteiger partial charge in [-0.15, -0.1) is 0 Å². The van der Waals surface area contributed by atoms with Crippen LogP contribution >= 0.6 is 15.9 Å². The predicted molar refractivity (Wildman–Crippen MR) is 121 cm³/mol. The van der Waals surface area contributed by atoms with Gasteiger partial charge < -0.3 is 20.2 Å². The summed E-state index contributed by atoms with van der Waals surface area (Å²) in [7, 11) is 1.73. The minimum atomic E-state index is -0.520. The molecule has 1 aromatic carbocycles. The molecule has 4 rings (SSSR count). The Bertz CT molecular complexity index is 1060. The molecule has 0 unspecified atom stereocenters. The van der Waals surface area contributed by atoms with Crippen LogP contribution in [0, 0.1) is 11.7 Å². The average Bonchev–Trinajstić information content (AvgIpc) is 3.04. The first-order valence-corrected chi connectivity index (χ1v) is 11.5. The number of nitrogens with zero attached hydrogens (tertiary/aromatic N) is 4. The third-order valence-corrected chi connectivity index (χ3v) is 6.95. The van der Waals surface area contributed by atoms with Crippen LogP contribution in [0.2, 0.25) is 0 Å². The Morgan fingerprint density at radius 1 is 1.41 bits per heavy atom. The van der Waals surface area contributed by atoms with Crippen LogP contribution in [-0.2, 0) is 19.5 Å². The molecule has 0 radical (unpaired) electrons. The molecule has 3 amide bonds. The van der Waals surface area contributed by atoms with Gasteiger partial charge in [0.2, 0.25) is 0 Å². The highest BCUT2D eigenvalue weighted by molar-refractivity contribution is 9.10. The van der Waals surface area contributed by atoms with Gasteiger partial charge in [-0.05, 0) is 47.5 Å². The lowest BCUT2D eigenvalue weighted by atomic mass is 9.99. The predicted octanol–water partition coefficient (Wildman–Crippen LogP) is 3.24. The van der Waals surface area contributed by atoms with Crippen molar-refractivity contribution in [3.05, 3.63) is 45.4 Å². The van der Waals surface area contributed by atoms with Crippen molar-refractivity contribution in [1.29, 1.82) is 0 Å². The van der Waals surface area contributed by atoms with Crippen LogP contribution in [0.25, 0.3) is 0 Å². The number of hydrogen-bond acceptors (Lipinski definition) is 4. The number of aromatic nitrogens is 2. The number of benzene rings is 1. The van der Waals surface area contributed by atoms with Gasteiger partial charge in [0.05, 0.1) is 22.8 Å². The van der Waals surface area contributed by atoms with Crippen molar-refractivity contribution in [2.75, 3.05) is 18.9 Å². The Balaban J connectivity index is 1.61. The first kappa shape index (κ1) is 22.7. The monoisotopic (exact) mass is 507 g/mol. The molecule has 32 heavy (non-hydrogen) atoms. The maximum atomic E-state index is 13.5. The van der Waals surface area contributed by atoms with E-state index in [4.69, 9.17) is 5.10 Å². The highest BCUT2D eigenvalue weighted by Gasteiger charge is 2.38. The summed E-state index contributed by atoms with van der Waals surface area (Å²) >= 11 is 3.13. The van der Waals surface area contributed by atoms with E-state index in [0.717, 1.165) is 11.3 Å². The quantitative estimate of drug-likeness (QED) is 0.667. The maximum Gasteiger partial charge on any atom is 0.322 e. The standard InChI is InChI=1S/C22H27BrFN5O3/c1-4-19(30)13-9-27(3)21(31)20-15-11-28(12(2)7-18(15)26-29(20)10-13)22(32)25-14-5-6-17(24)16(23)8-14/h5-6,8,12-13,19,30H,4,7,9-11H2,1-3H3,(H,25,32)/t12-,13+,19+/m1/s1. The van der Waals surface area contributed by atoms with E-state index in [-0.39, 0.29) is 34.9 Å². The molecule has 0 spiro atoms. The van der Waals surface area contributed by atoms with Crippen LogP contribution in [0.3, 0.4) is 0 Å². The number of anilines is 1. The summed E-state index contributed by atoms with van der Waals surface area (Å²) in [5, 5.41) is 17.9. The van der Waals surface area contributed by atoms with Crippen molar-refractivity contribution in [3.63, 3.8) is 0 Å². The number of rotatable bonds is 3. The van der Waals surface area contributed by atoms with E-state index in [9.17, 15) is 19.1 Å². The number of hydrogen-bond donors (Lipinski definition) is 2. The fourth-order valence-electron chi connectivity index (χ4n) is 4.48. The molecule has 10 heteroatoms. The van der Waals surface area contributed by atoms with Crippen molar-refractivity contribution in [3.8, 4) is 0 Å². The first-order valence-electron chi connectivity index (χ1n) is 10.7. The fourth-order valence-corrected chi connectivity index (χ4v) is 4.86. The largest absolute Gasteiger partial charge is 0.393 e. The zero-order valence-corrected chi connectivity index (χ0v) is 19.9. The van der Waals surface area contributed by atoms with E-state index in [1.165, 1.54) is 18.2 Å². The molecule has 0 saturated carbocycles. The van der Waals surface area contributed by atoms with Crippen molar-refractivity contribution >= 4 is 33.6 Å². The maximum absolute atomic E-state index is 13.5. The Kier molecular flexibility index (Phi) is 6.26. The first-order chi connectivity index (χ1) is 15.2. The van der Waals surface area contributed by atoms with E-state index in [1.807, 2.05) is 13.8 Å². The van der Waals surface area contributed by atoms with Crippen LogP contribution in [0.15, 0.2) is 22.7 Å². The van der Waals surface area contributed by atoms with Crippen molar-refractivity contribution < 1.29 is 19.1 Å². The molecule has 2 aromatic rings. The highest BCUT2D eigenvalue weighted by Crippen LogP contribution is 2.30. The van der Waals surface area contributed by atoms with Gasteiger partial charge in [0.25, 0.3) is 5.91 Å². The molecule has 0 saturated heterocycles. The normalized spacial score (nSPS) is 21.6. The molecule has 2 aliphatic heterocycles. The molecule has 3 atom stereocenters. The molecule has 1 aromatic heterocycles. The lowest BCUT2D eigenvalue weighted by Gasteiger charge is -2.33. The highest BCUT2D eigenvalue weighted by atomic mass is 79.9. The molecule has 8 nitrogen and oxygen atoms in total. The zero-order chi connectivity index (χ0) is 23.2. The third-order valence-electron chi connectivity index (χ3n) is 6.34. The van der Waals surface area contributed by atoms with Crippen molar-refractivity contribution in [2.24, 2.45) is 5.92 Å². The molecule has 3 heterocycles. The Morgan fingerprint density at radius 3 is 2.84 bits per heavy atom.